The van der Waals surface area contributed by atoms with Gasteiger partial charge in [0, 0.05) is 25.2 Å². The van der Waals surface area contributed by atoms with Gasteiger partial charge in [-0.2, -0.15) is 0 Å². The number of carbonyl (C=O) groups is 1. The van der Waals surface area contributed by atoms with E-state index in [0.717, 1.165) is 39.8 Å². The van der Waals surface area contributed by atoms with Gasteiger partial charge < -0.3 is 9.64 Å². The molecule has 0 saturated carbocycles. The van der Waals surface area contributed by atoms with Crippen molar-refractivity contribution in [2.75, 3.05) is 18.0 Å². The molecule has 2 aromatic heterocycles. The minimum Gasteiger partial charge on any atom is -0.422 e. The summed E-state index contributed by atoms with van der Waals surface area (Å²) in [6, 6.07) is 8.03. The molecule has 1 aliphatic rings. The Bertz CT molecular complexity index is 975. The summed E-state index contributed by atoms with van der Waals surface area (Å²) in [7, 11) is 0. The zero-order chi connectivity index (χ0) is 18.1. The number of fused-ring (bicyclic) bond motifs is 1. The molecule has 26 heavy (non-hydrogen) atoms. The number of rotatable bonds is 4. The lowest BCUT2D eigenvalue weighted by molar-refractivity contribution is -0.380. The van der Waals surface area contributed by atoms with Gasteiger partial charge in [0.1, 0.15) is 10.6 Å². The van der Waals surface area contributed by atoms with E-state index in [1.165, 1.54) is 31.4 Å². The highest BCUT2D eigenvalue weighted by Crippen LogP contribution is 2.33. The van der Waals surface area contributed by atoms with Crippen LogP contribution in [0.4, 0.5) is 10.1 Å². The first-order valence-corrected chi connectivity index (χ1v) is 9.85. The van der Waals surface area contributed by atoms with Crippen LogP contribution < -0.4 is 9.64 Å². The molecule has 0 atom stereocenters. The van der Waals surface area contributed by atoms with Crippen molar-refractivity contribution in [2.45, 2.75) is 19.3 Å². The van der Waals surface area contributed by atoms with E-state index in [-0.39, 0.29) is 9.88 Å². The molecule has 0 bridgehead atoms. The number of hydrogen-bond acceptors (Lipinski definition) is 8. The second-order valence-electron chi connectivity index (χ2n) is 5.96. The first-order valence-electron chi connectivity index (χ1n) is 8.22. The lowest BCUT2D eigenvalue weighted by Crippen LogP contribution is -2.29. The Labute approximate surface area is 157 Å². The molecule has 3 heterocycles. The normalized spacial score (nSPS) is 14.5. The van der Waals surface area contributed by atoms with Gasteiger partial charge in [-0.05, 0) is 37.5 Å². The Morgan fingerprint density at radius 1 is 1.15 bits per heavy atom. The maximum Gasteiger partial charge on any atom is 0.353 e. The van der Waals surface area contributed by atoms with Gasteiger partial charge >= 0.3 is 11.0 Å². The molecule has 134 valence electrons. The number of aromatic nitrogens is 1. The largest absolute Gasteiger partial charge is 0.422 e. The molecule has 7 nitrogen and oxygen atoms in total. The number of anilines is 1. The monoisotopic (exact) mass is 389 g/mol. The van der Waals surface area contributed by atoms with Crippen molar-refractivity contribution in [3.05, 3.63) is 45.3 Å². The third-order valence-electron chi connectivity index (χ3n) is 4.16. The number of ether oxygens (including phenoxy) is 1. The summed E-state index contributed by atoms with van der Waals surface area (Å²) >= 11 is 2.39. The summed E-state index contributed by atoms with van der Waals surface area (Å²) in [5, 5.41) is 11.6. The van der Waals surface area contributed by atoms with Crippen LogP contribution in [-0.2, 0) is 0 Å². The number of nitrogens with zero attached hydrogens (tertiary/aromatic N) is 3. The first kappa shape index (κ1) is 16.9. The highest BCUT2D eigenvalue weighted by atomic mass is 32.1. The number of thiophene rings is 1. The predicted octanol–water partition coefficient (Wildman–Crippen LogP) is 4.48. The van der Waals surface area contributed by atoms with E-state index in [1.807, 2.05) is 6.07 Å². The Morgan fingerprint density at radius 2 is 1.96 bits per heavy atom. The van der Waals surface area contributed by atoms with Gasteiger partial charge in [-0.1, -0.05) is 22.7 Å². The summed E-state index contributed by atoms with van der Waals surface area (Å²) in [5.41, 5.74) is 0.877. The topological polar surface area (TPSA) is 85.6 Å². The zero-order valence-electron chi connectivity index (χ0n) is 13.7. The van der Waals surface area contributed by atoms with Gasteiger partial charge in [-0.15, -0.1) is 0 Å². The van der Waals surface area contributed by atoms with E-state index >= 15 is 0 Å². The van der Waals surface area contributed by atoms with Gasteiger partial charge in [-0.25, -0.2) is 9.78 Å². The molecule has 1 aromatic carbocycles. The lowest BCUT2D eigenvalue weighted by Gasteiger charge is -2.25. The van der Waals surface area contributed by atoms with Gasteiger partial charge in [0.15, 0.2) is 5.13 Å². The summed E-state index contributed by atoms with van der Waals surface area (Å²) in [6.45, 7) is 2.05. The Morgan fingerprint density at radius 3 is 2.69 bits per heavy atom. The second-order valence-corrected chi connectivity index (χ2v) is 8.03. The summed E-state index contributed by atoms with van der Waals surface area (Å²) in [6.07, 6.45) is 3.64. The summed E-state index contributed by atoms with van der Waals surface area (Å²) in [4.78, 5) is 29.6. The summed E-state index contributed by atoms with van der Waals surface area (Å²) < 4.78 is 6.32. The SMILES string of the molecule is O=C(Oc1ccc2nc(N3CCCCC3)sc2c1)c1ccc([N+](=O)[O-])s1. The van der Waals surface area contributed by atoms with Crippen LogP contribution in [0.2, 0.25) is 0 Å². The molecular formula is C17H15N3O4S2. The van der Waals surface area contributed by atoms with Crippen LogP contribution in [0, 0.1) is 10.1 Å². The maximum absolute atomic E-state index is 12.2. The molecular weight excluding hydrogens is 374 g/mol. The number of carbonyl (C=O) groups excluding carboxylic acids is 1. The molecule has 4 rings (SSSR count). The molecule has 9 heteroatoms. The van der Waals surface area contributed by atoms with Gasteiger partial charge in [0.2, 0.25) is 0 Å². The molecule has 3 aromatic rings. The van der Waals surface area contributed by atoms with Crippen molar-refractivity contribution in [2.24, 2.45) is 0 Å². The van der Waals surface area contributed by atoms with Crippen LogP contribution in [0.15, 0.2) is 30.3 Å². The minimum absolute atomic E-state index is 0.0824. The van der Waals surface area contributed by atoms with E-state index in [9.17, 15) is 14.9 Å². The molecule has 0 aliphatic carbocycles. The van der Waals surface area contributed by atoms with Crippen LogP contribution in [-0.4, -0.2) is 29.0 Å². The van der Waals surface area contributed by atoms with Crippen molar-refractivity contribution in [1.82, 2.24) is 4.98 Å². The quantitative estimate of drug-likeness (QED) is 0.283. The van der Waals surface area contributed by atoms with Gasteiger partial charge in [0.05, 0.1) is 15.1 Å². The Hall–Kier alpha value is -2.52. The molecule has 0 unspecified atom stereocenters. The number of thiazole rings is 1. The lowest BCUT2D eigenvalue weighted by atomic mass is 10.1. The standard InChI is InChI=1S/C17H15N3O4S2/c21-16(13-6-7-15(25-13)20(22)23)24-11-4-5-12-14(10-11)26-17(18-12)19-8-2-1-3-9-19/h4-7,10H,1-3,8-9H2. The van der Waals surface area contributed by atoms with Crippen LogP contribution in [0.1, 0.15) is 28.9 Å². The van der Waals surface area contributed by atoms with E-state index in [0.29, 0.717) is 5.75 Å². The van der Waals surface area contributed by atoms with E-state index in [2.05, 4.69) is 9.88 Å². The third-order valence-corrected chi connectivity index (χ3v) is 6.25. The van der Waals surface area contributed by atoms with Crippen LogP contribution >= 0.6 is 22.7 Å². The molecule has 1 saturated heterocycles. The molecule has 1 aliphatic heterocycles. The number of esters is 1. The van der Waals surface area contributed by atoms with Crippen LogP contribution in [0.25, 0.3) is 10.2 Å². The Balaban J connectivity index is 1.52. The number of hydrogen-bond donors (Lipinski definition) is 0. The number of benzene rings is 1. The third kappa shape index (κ3) is 3.40. The second kappa shape index (κ2) is 7.00. The highest BCUT2D eigenvalue weighted by molar-refractivity contribution is 7.22. The van der Waals surface area contributed by atoms with Crippen molar-refractivity contribution in [1.29, 1.82) is 0 Å². The van der Waals surface area contributed by atoms with E-state index in [1.54, 1.807) is 23.5 Å². The molecule has 0 radical (unpaired) electrons. The van der Waals surface area contributed by atoms with Crippen LogP contribution in [0.5, 0.6) is 5.75 Å². The van der Waals surface area contributed by atoms with Crippen molar-refractivity contribution in [3.8, 4) is 5.75 Å². The number of piperidine rings is 1. The minimum atomic E-state index is -0.594. The molecule has 0 amide bonds. The number of nitro groups is 1. The van der Waals surface area contributed by atoms with Gasteiger partial charge in [-0.3, -0.25) is 10.1 Å². The van der Waals surface area contributed by atoms with E-state index < -0.39 is 10.9 Å². The average molecular weight is 389 g/mol. The zero-order valence-corrected chi connectivity index (χ0v) is 15.3. The fourth-order valence-corrected chi connectivity index (χ4v) is 4.61. The summed E-state index contributed by atoms with van der Waals surface area (Å²) in [5.74, 6) is -0.185. The van der Waals surface area contributed by atoms with E-state index in [4.69, 9.17) is 4.74 Å². The molecule has 0 spiro atoms. The van der Waals surface area contributed by atoms with Crippen molar-refractivity contribution < 1.29 is 14.5 Å². The molecule has 0 N–H and O–H groups in total. The van der Waals surface area contributed by atoms with Crippen LogP contribution in [0.3, 0.4) is 0 Å². The van der Waals surface area contributed by atoms with Gasteiger partial charge in [0.25, 0.3) is 0 Å². The highest BCUT2D eigenvalue weighted by Gasteiger charge is 2.18. The molecule has 1 fully saturated rings. The Kier molecular flexibility index (Phi) is 4.56. The maximum atomic E-state index is 12.2. The smallest absolute Gasteiger partial charge is 0.353 e. The van der Waals surface area contributed by atoms with Crippen molar-refractivity contribution >= 4 is 49.0 Å². The fraction of sp³-hybridized carbons (Fsp3) is 0.294. The first-order chi connectivity index (χ1) is 12.6. The van der Waals surface area contributed by atoms with Crippen molar-refractivity contribution in [3.63, 3.8) is 0 Å². The predicted molar refractivity (Wildman–Crippen MR) is 102 cm³/mol. The average Bonchev–Trinajstić information content (AvgIpc) is 3.29. The fourth-order valence-electron chi connectivity index (χ4n) is 2.87.